The Morgan fingerprint density at radius 1 is 0.310 bits per heavy atom. The lowest BCUT2D eigenvalue weighted by molar-refractivity contribution is -0.315. The fraction of sp³-hybridized carbons (Fsp3) is 1.00. The summed E-state index contributed by atoms with van der Waals surface area (Å²) in [5.74, 6) is 0. The van der Waals surface area contributed by atoms with Crippen LogP contribution in [0.5, 0.6) is 0 Å². The maximum Gasteiger partial charge on any atom is 0.106 e. The van der Waals surface area contributed by atoms with Gasteiger partial charge in [-0.05, 0) is 0 Å². The van der Waals surface area contributed by atoms with Gasteiger partial charge in [-0.2, -0.15) is 0 Å². The molecule has 0 saturated carbocycles. The lowest BCUT2D eigenvalue weighted by atomic mass is 10.7. The van der Waals surface area contributed by atoms with Gasteiger partial charge in [0.25, 0.3) is 0 Å². The van der Waals surface area contributed by atoms with Crippen LogP contribution in [0.1, 0.15) is 0 Å². The van der Waals surface area contributed by atoms with Crippen molar-refractivity contribution in [2.75, 3.05) is 106 Å². The van der Waals surface area contributed by atoms with Crippen molar-refractivity contribution >= 4 is 0 Å². The smallest absolute Gasteiger partial charge is 0.106 e. The molecule has 0 spiro atoms. The average Bonchev–Trinajstić information content (AvgIpc) is 2.71. The number of rotatable bonds is 25. The lowest BCUT2D eigenvalue weighted by Gasteiger charge is -2.07. The van der Waals surface area contributed by atoms with E-state index >= 15 is 0 Å². The predicted molar refractivity (Wildman–Crippen MR) is 96.8 cm³/mol. The highest BCUT2D eigenvalue weighted by Gasteiger charge is 1.95. The van der Waals surface area contributed by atoms with Gasteiger partial charge < -0.3 is 34.6 Å². The summed E-state index contributed by atoms with van der Waals surface area (Å²) >= 11 is 0. The van der Waals surface area contributed by atoms with E-state index in [0.29, 0.717) is 52.9 Å². The fourth-order valence-corrected chi connectivity index (χ4v) is 1.45. The fourth-order valence-electron chi connectivity index (χ4n) is 1.45. The topological polar surface area (TPSA) is 164 Å². The van der Waals surface area contributed by atoms with Crippen LogP contribution in [0.2, 0.25) is 0 Å². The first-order valence-electron chi connectivity index (χ1n) is 9.17. The Balaban J connectivity index is 0. The molecule has 178 valence electrons. The number of aliphatic hydroxyl groups excluding tert-OH is 2. The second-order valence-electron chi connectivity index (χ2n) is 4.83. The number of hydrogen-bond acceptors (Lipinski definition) is 12. The summed E-state index contributed by atoms with van der Waals surface area (Å²) in [5, 5.41) is 17.0. The second kappa shape index (κ2) is 29.7. The SMILES string of the molecule is O.OCCOCCOOCCOCCOOCCOCCOOCCOCCO. The van der Waals surface area contributed by atoms with Crippen LogP contribution in [0.3, 0.4) is 0 Å². The van der Waals surface area contributed by atoms with E-state index < -0.39 is 0 Å². The molecular formula is C16H36O13. The van der Waals surface area contributed by atoms with Crippen molar-refractivity contribution in [1.82, 2.24) is 0 Å². The zero-order chi connectivity index (χ0) is 20.4. The summed E-state index contributed by atoms with van der Waals surface area (Å²) in [6, 6.07) is 0. The van der Waals surface area contributed by atoms with Gasteiger partial charge in [0, 0.05) is 0 Å². The van der Waals surface area contributed by atoms with Crippen LogP contribution in [-0.4, -0.2) is 121 Å². The molecule has 0 rings (SSSR count). The molecule has 0 aliphatic rings. The molecule has 0 aromatic heterocycles. The van der Waals surface area contributed by atoms with Crippen molar-refractivity contribution in [3.8, 4) is 0 Å². The minimum Gasteiger partial charge on any atom is -0.412 e. The zero-order valence-electron chi connectivity index (χ0n) is 16.8. The molecule has 0 heterocycles. The highest BCUT2D eigenvalue weighted by molar-refractivity contribution is 4.31. The van der Waals surface area contributed by atoms with Crippen molar-refractivity contribution in [2.45, 2.75) is 0 Å². The van der Waals surface area contributed by atoms with E-state index in [1.807, 2.05) is 0 Å². The van der Waals surface area contributed by atoms with Gasteiger partial charge in [0.05, 0.1) is 66.1 Å². The van der Waals surface area contributed by atoms with E-state index in [1.165, 1.54) is 0 Å². The Hall–Kier alpha value is -0.520. The molecule has 0 amide bonds. The minimum atomic E-state index is -0.0117. The Morgan fingerprint density at radius 3 is 0.724 bits per heavy atom. The summed E-state index contributed by atoms with van der Waals surface area (Å²) < 4.78 is 20.4. The van der Waals surface area contributed by atoms with E-state index in [9.17, 15) is 0 Å². The van der Waals surface area contributed by atoms with Gasteiger partial charge in [-0.1, -0.05) is 0 Å². The molecule has 4 N–H and O–H groups in total. The molecule has 0 fully saturated rings. The quantitative estimate of drug-likeness (QED) is 0.0925. The Bertz CT molecular complexity index is 247. The van der Waals surface area contributed by atoms with Crippen LogP contribution < -0.4 is 0 Å². The molecule has 0 unspecified atom stereocenters. The van der Waals surface area contributed by atoms with E-state index in [2.05, 4.69) is 0 Å². The van der Waals surface area contributed by atoms with E-state index in [0.717, 1.165) is 0 Å². The van der Waals surface area contributed by atoms with Crippen molar-refractivity contribution in [3.05, 3.63) is 0 Å². The Labute approximate surface area is 170 Å². The van der Waals surface area contributed by atoms with Gasteiger partial charge in [0.1, 0.15) is 39.6 Å². The molecule has 13 nitrogen and oxygen atoms in total. The van der Waals surface area contributed by atoms with Gasteiger partial charge in [-0.25, -0.2) is 29.3 Å². The van der Waals surface area contributed by atoms with Crippen molar-refractivity contribution in [1.29, 1.82) is 0 Å². The third-order valence-corrected chi connectivity index (χ3v) is 2.59. The standard InChI is InChI=1S/C16H34O12.H2O/c17-1-3-19-5-11-23-25-13-7-21-9-15-27-28-16-10-22-8-14-26-24-12-6-20-4-2-18;/h17-18H,1-16H2;1H2. The first-order valence-corrected chi connectivity index (χ1v) is 9.17. The third-order valence-electron chi connectivity index (χ3n) is 2.59. The van der Waals surface area contributed by atoms with E-state index in [4.69, 9.17) is 58.5 Å². The Kier molecular flexibility index (Phi) is 31.4. The summed E-state index contributed by atoms with van der Waals surface area (Å²) in [7, 11) is 0. The van der Waals surface area contributed by atoms with Gasteiger partial charge in [0.15, 0.2) is 0 Å². The predicted octanol–water partition coefficient (Wildman–Crippen LogP) is -1.94. The molecular weight excluding hydrogens is 400 g/mol. The van der Waals surface area contributed by atoms with Crippen molar-refractivity contribution in [2.24, 2.45) is 0 Å². The molecule has 0 aliphatic heterocycles. The summed E-state index contributed by atoms with van der Waals surface area (Å²) in [4.78, 5) is 29.2. The number of hydrogen-bond donors (Lipinski definition) is 2. The van der Waals surface area contributed by atoms with Crippen LogP contribution in [0.4, 0.5) is 0 Å². The Morgan fingerprint density at radius 2 is 0.517 bits per heavy atom. The van der Waals surface area contributed by atoms with E-state index in [1.54, 1.807) is 0 Å². The molecule has 0 aromatic carbocycles. The molecule has 0 aromatic rings. The lowest BCUT2D eigenvalue weighted by Crippen LogP contribution is -2.14. The normalized spacial score (nSPS) is 11.0. The maximum absolute atomic E-state index is 8.49. The second-order valence-corrected chi connectivity index (χ2v) is 4.83. The van der Waals surface area contributed by atoms with Crippen LogP contribution in [0.25, 0.3) is 0 Å². The molecule has 13 heteroatoms. The molecule has 0 radical (unpaired) electrons. The summed E-state index contributed by atoms with van der Waals surface area (Å²) in [6.07, 6.45) is 0. The summed E-state index contributed by atoms with van der Waals surface area (Å²) in [5.41, 5.74) is 0. The largest absolute Gasteiger partial charge is 0.412 e. The molecule has 0 aliphatic carbocycles. The van der Waals surface area contributed by atoms with Gasteiger partial charge in [-0.3, -0.25) is 0 Å². The van der Waals surface area contributed by atoms with Gasteiger partial charge in [0.2, 0.25) is 0 Å². The third kappa shape index (κ3) is 29.8. The monoisotopic (exact) mass is 436 g/mol. The average molecular weight is 436 g/mol. The zero-order valence-corrected chi connectivity index (χ0v) is 16.8. The molecule has 29 heavy (non-hydrogen) atoms. The number of ether oxygens (including phenoxy) is 4. The first-order chi connectivity index (χ1) is 13.9. The molecule has 0 atom stereocenters. The van der Waals surface area contributed by atoms with E-state index in [-0.39, 0.29) is 58.3 Å². The summed E-state index contributed by atoms with van der Waals surface area (Å²) in [6.45, 7) is 4.43. The highest BCUT2D eigenvalue weighted by Crippen LogP contribution is 1.87. The van der Waals surface area contributed by atoms with Crippen LogP contribution in [0, 0.1) is 0 Å². The molecule has 0 bridgehead atoms. The van der Waals surface area contributed by atoms with Crippen LogP contribution in [0.15, 0.2) is 0 Å². The van der Waals surface area contributed by atoms with Gasteiger partial charge >= 0.3 is 0 Å². The molecule has 0 saturated heterocycles. The van der Waals surface area contributed by atoms with Gasteiger partial charge in [-0.15, -0.1) is 0 Å². The van der Waals surface area contributed by atoms with Crippen LogP contribution >= 0.6 is 0 Å². The highest BCUT2D eigenvalue weighted by atomic mass is 17.2. The minimum absolute atomic E-state index is 0. The van der Waals surface area contributed by atoms with Crippen molar-refractivity contribution in [3.63, 3.8) is 0 Å². The van der Waals surface area contributed by atoms with Crippen LogP contribution in [-0.2, 0) is 48.3 Å². The van der Waals surface area contributed by atoms with Crippen molar-refractivity contribution < 1.29 is 64.0 Å². The maximum atomic E-state index is 8.49. The number of aliphatic hydroxyl groups is 2. The first kappa shape index (κ1) is 30.7.